The van der Waals surface area contributed by atoms with Crippen molar-refractivity contribution in [2.24, 2.45) is 9.98 Å². The van der Waals surface area contributed by atoms with E-state index in [2.05, 4.69) is 23.8 Å². The van der Waals surface area contributed by atoms with E-state index in [0.29, 0.717) is 35.8 Å². The van der Waals surface area contributed by atoms with Gasteiger partial charge in [0.25, 0.3) is 0 Å². The Labute approximate surface area is 379 Å². The van der Waals surface area contributed by atoms with E-state index in [-0.39, 0.29) is 11.5 Å². The quantitative estimate of drug-likeness (QED) is 0.0441. The maximum absolute atomic E-state index is 10.6. The van der Waals surface area contributed by atoms with Crippen molar-refractivity contribution >= 4 is 23.8 Å². The summed E-state index contributed by atoms with van der Waals surface area (Å²) in [5.41, 5.74) is 2.77. The van der Waals surface area contributed by atoms with Gasteiger partial charge in [-0.1, -0.05) is 206 Å². The average Bonchev–Trinajstić information content (AvgIpc) is 3.28. The van der Waals surface area contributed by atoms with Crippen LogP contribution in [-0.4, -0.2) is 35.9 Å². The van der Waals surface area contributed by atoms with Crippen molar-refractivity contribution in [2.45, 2.75) is 219 Å². The molecule has 2 N–H and O–H groups in total. The molecule has 6 heteroatoms. The zero-order valence-corrected chi connectivity index (χ0v) is 39.6. The second-order valence-corrected chi connectivity index (χ2v) is 17.8. The third kappa shape index (κ3) is 26.6. The number of aliphatic imine (C=N–C) groups is 2. The first-order valence-electron chi connectivity index (χ1n) is 25.7. The fourth-order valence-corrected chi connectivity index (χ4v) is 8.04. The van der Waals surface area contributed by atoms with E-state index in [9.17, 15) is 10.2 Å². The van der Waals surface area contributed by atoms with Crippen LogP contribution in [0.15, 0.2) is 70.6 Å². The number of ether oxygens (including phenoxy) is 2. The molecule has 346 valence electrons. The number of benzene rings is 3. The van der Waals surface area contributed by atoms with Crippen LogP contribution in [0.3, 0.4) is 0 Å². The standard InChI is InChI=1S/C56H88N2O4/c1-3-5-7-9-11-13-15-17-19-21-23-25-27-29-31-33-43-61-53-41-35-49(55(59)45-53)47-57-51-37-39-52(40-38-51)58-48-50-36-42-54(46-56(50)60)62-44-34-32-30-28-26-24-22-20-18-16-14-12-10-8-6-4-2/h35-42,45-48,59-60H,3-34,43-44H2,1-2H3. The van der Waals surface area contributed by atoms with E-state index in [4.69, 9.17) is 9.47 Å². The van der Waals surface area contributed by atoms with E-state index in [1.807, 2.05) is 48.5 Å². The number of hydrogen-bond donors (Lipinski definition) is 2. The van der Waals surface area contributed by atoms with Gasteiger partial charge >= 0.3 is 0 Å². The Bertz CT molecular complexity index is 1450. The van der Waals surface area contributed by atoms with Crippen molar-refractivity contribution in [3.05, 3.63) is 71.8 Å². The van der Waals surface area contributed by atoms with Crippen LogP contribution in [0.1, 0.15) is 230 Å². The van der Waals surface area contributed by atoms with Crippen LogP contribution in [0.5, 0.6) is 23.0 Å². The Morgan fingerprint density at radius 1 is 0.355 bits per heavy atom. The molecule has 0 radical (unpaired) electrons. The van der Waals surface area contributed by atoms with E-state index < -0.39 is 0 Å². The van der Waals surface area contributed by atoms with Crippen LogP contribution in [-0.2, 0) is 0 Å². The Hall–Kier alpha value is -3.80. The molecule has 0 spiro atoms. The predicted molar refractivity (Wildman–Crippen MR) is 267 cm³/mol. The highest BCUT2D eigenvalue weighted by atomic mass is 16.5. The number of aromatic hydroxyl groups is 2. The number of rotatable bonds is 40. The summed E-state index contributed by atoms with van der Waals surface area (Å²) < 4.78 is 11.8. The van der Waals surface area contributed by atoms with Crippen molar-refractivity contribution in [1.29, 1.82) is 0 Å². The molecule has 0 saturated carbocycles. The second-order valence-electron chi connectivity index (χ2n) is 17.8. The minimum absolute atomic E-state index is 0.149. The first-order valence-corrected chi connectivity index (χ1v) is 25.7. The molecule has 3 aromatic rings. The molecule has 0 aliphatic heterocycles. The van der Waals surface area contributed by atoms with Gasteiger partial charge in [-0.05, 0) is 61.4 Å². The lowest BCUT2D eigenvalue weighted by Crippen LogP contribution is -1.97. The van der Waals surface area contributed by atoms with Gasteiger partial charge in [0.1, 0.15) is 23.0 Å². The molecule has 0 heterocycles. The smallest absolute Gasteiger partial charge is 0.128 e. The molecular formula is C56H88N2O4. The molecule has 0 aromatic heterocycles. The van der Waals surface area contributed by atoms with Gasteiger partial charge < -0.3 is 19.7 Å². The van der Waals surface area contributed by atoms with Gasteiger partial charge in [-0.25, -0.2) is 0 Å². The molecule has 0 bridgehead atoms. The zero-order valence-electron chi connectivity index (χ0n) is 39.6. The summed E-state index contributed by atoms with van der Waals surface area (Å²) in [7, 11) is 0. The monoisotopic (exact) mass is 853 g/mol. The van der Waals surface area contributed by atoms with Crippen molar-refractivity contribution < 1.29 is 19.7 Å². The number of unbranched alkanes of at least 4 members (excludes halogenated alkanes) is 30. The molecule has 0 fully saturated rings. The van der Waals surface area contributed by atoms with Crippen molar-refractivity contribution in [2.75, 3.05) is 13.2 Å². The lowest BCUT2D eigenvalue weighted by Gasteiger charge is -2.08. The molecule has 3 aromatic carbocycles. The molecule has 0 amide bonds. The fourth-order valence-electron chi connectivity index (χ4n) is 8.04. The largest absolute Gasteiger partial charge is 0.507 e. The Morgan fingerprint density at radius 3 is 0.871 bits per heavy atom. The summed E-state index contributed by atoms with van der Waals surface area (Å²) in [6.07, 6.45) is 46.6. The van der Waals surface area contributed by atoms with Crippen LogP contribution < -0.4 is 9.47 Å². The van der Waals surface area contributed by atoms with Crippen molar-refractivity contribution in [1.82, 2.24) is 0 Å². The Kier molecular flexibility index (Phi) is 31.1. The summed E-state index contributed by atoms with van der Waals surface area (Å²) in [4.78, 5) is 9.09. The Morgan fingerprint density at radius 2 is 0.613 bits per heavy atom. The predicted octanol–water partition coefficient (Wildman–Crippen LogP) is 17.9. The van der Waals surface area contributed by atoms with Crippen LogP contribution in [0.2, 0.25) is 0 Å². The van der Waals surface area contributed by atoms with Crippen molar-refractivity contribution in [3.8, 4) is 23.0 Å². The minimum Gasteiger partial charge on any atom is -0.507 e. The van der Waals surface area contributed by atoms with Gasteiger partial charge in [-0.2, -0.15) is 0 Å². The molecule has 6 nitrogen and oxygen atoms in total. The third-order valence-corrected chi connectivity index (χ3v) is 12.1. The summed E-state index contributed by atoms with van der Waals surface area (Å²) in [6, 6.07) is 18.3. The number of phenolic OH excluding ortho intramolecular Hbond substituents is 2. The molecule has 0 saturated heterocycles. The van der Waals surface area contributed by atoms with E-state index in [0.717, 1.165) is 24.2 Å². The van der Waals surface area contributed by atoms with Crippen LogP contribution in [0.4, 0.5) is 11.4 Å². The summed E-state index contributed by atoms with van der Waals surface area (Å²) in [6.45, 7) is 5.90. The van der Waals surface area contributed by atoms with Gasteiger partial charge in [0.2, 0.25) is 0 Å². The summed E-state index contributed by atoms with van der Waals surface area (Å²) in [5.74, 6) is 1.66. The molecular weight excluding hydrogens is 765 g/mol. The SMILES string of the molecule is CCCCCCCCCCCCCCCCCCOc1ccc(C=Nc2ccc(N=Cc3ccc(OCCCCCCCCCCCCCCCCCC)cc3O)cc2)c(O)c1. The van der Waals surface area contributed by atoms with Gasteiger partial charge in [-0.3, -0.25) is 9.98 Å². The molecule has 0 aliphatic rings. The molecule has 0 unspecified atom stereocenters. The lowest BCUT2D eigenvalue weighted by molar-refractivity contribution is 0.302. The van der Waals surface area contributed by atoms with Crippen LogP contribution >= 0.6 is 0 Å². The first-order chi connectivity index (χ1) is 30.6. The van der Waals surface area contributed by atoms with Gasteiger partial charge in [0.15, 0.2) is 0 Å². The van der Waals surface area contributed by atoms with Gasteiger partial charge in [-0.15, -0.1) is 0 Å². The average molecular weight is 853 g/mol. The minimum atomic E-state index is 0.149. The van der Waals surface area contributed by atoms with Crippen LogP contribution in [0.25, 0.3) is 0 Å². The van der Waals surface area contributed by atoms with E-state index in [1.165, 1.54) is 193 Å². The summed E-state index contributed by atoms with van der Waals surface area (Å²) in [5, 5.41) is 21.2. The number of phenols is 2. The normalized spacial score (nSPS) is 11.6. The highest BCUT2D eigenvalue weighted by Gasteiger charge is 2.05. The van der Waals surface area contributed by atoms with Crippen molar-refractivity contribution in [3.63, 3.8) is 0 Å². The lowest BCUT2D eigenvalue weighted by atomic mass is 10.0. The summed E-state index contributed by atoms with van der Waals surface area (Å²) >= 11 is 0. The van der Waals surface area contributed by atoms with Gasteiger partial charge in [0.05, 0.1) is 24.6 Å². The molecule has 3 rings (SSSR count). The highest BCUT2D eigenvalue weighted by molar-refractivity contribution is 5.87. The highest BCUT2D eigenvalue weighted by Crippen LogP contribution is 2.26. The van der Waals surface area contributed by atoms with E-state index in [1.54, 1.807) is 24.6 Å². The zero-order chi connectivity index (χ0) is 44.0. The topological polar surface area (TPSA) is 83.6 Å². The maximum atomic E-state index is 10.6. The maximum Gasteiger partial charge on any atom is 0.128 e. The van der Waals surface area contributed by atoms with Gasteiger partial charge in [0, 0.05) is 35.7 Å². The second kappa shape index (κ2) is 36.7. The fraction of sp³-hybridized carbons (Fsp3) is 0.643. The first kappa shape index (κ1) is 52.5. The number of nitrogens with zero attached hydrogens (tertiary/aromatic N) is 2. The molecule has 0 atom stereocenters. The Balaban J connectivity index is 1.20. The van der Waals surface area contributed by atoms with E-state index >= 15 is 0 Å². The molecule has 0 aliphatic carbocycles. The third-order valence-electron chi connectivity index (χ3n) is 12.1. The van der Waals surface area contributed by atoms with Crippen LogP contribution in [0, 0.1) is 0 Å². The molecule has 62 heavy (non-hydrogen) atoms. The number of hydrogen-bond acceptors (Lipinski definition) is 6.